The second-order valence-corrected chi connectivity index (χ2v) is 4.12. The van der Waals surface area contributed by atoms with E-state index in [9.17, 15) is 0 Å². The Morgan fingerprint density at radius 2 is 2.19 bits per heavy atom. The van der Waals surface area contributed by atoms with E-state index in [-0.39, 0.29) is 0 Å². The Bertz CT molecular complexity index is 520. The van der Waals surface area contributed by atoms with Crippen LogP contribution in [-0.2, 0) is 6.42 Å². The van der Waals surface area contributed by atoms with Gasteiger partial charge in [-0.3, -0.25) is 0 Å². The maximum atomic E-state index is 5.91. The minimum Gasteiger partial charge on any atom is -0.381 e. The average molecular weight is 237 g/mol. The fourth-order valence-electron chi connectivity index (χ4n) is 1.76. The normalized spacial score (nSPS) is 10.7. The molecule has 0 radical (unpaired) electrons. The summed E-state index contributed by atoms with van der Waals surface area (Å²) in [6.07, 6.45) is 0.798. The van der Waals surface area contributed by atoms with Crippen LogP contribution in [0, 0.1) is 6.92 Å². The molecule has 0 amide bonds. The zero-order valence-corrected chi connectivity index (χ0v) is 10.0. The fourth-order valence-corrected chi connectivity index (χ4v) is 1.98. The summed E-state index contributed by atoms with van der Waals surface area (Å²) in [4.78, 5) is 0. The van der Waals surface area contributed by atoms with Crippen LogP contribution in [-0.4, -0.2) is 5.16 Å². The molecule has 0 saturated heterocycles. The first kappa shape index (κ1) is 11.0. The van der Waals surface area contributed by atoms with E-state index < -0.39 is 0 Å². The molecular weight excluding hydrogens is 224 g/mol. The number of nitrogens with two attached hydrogens (primary N) is 1. The van der Waals surface area contributed by atoms with Crippen molar-refractivity contribution in [2.45, 2.75) is 20.3 Å². The molecule has 1 aromatic carbocycles. The van der Waals surface area contributed by atoms with Gasteiger partial charge in [0.2, 0.25) is 0 Å². The number of aryl methyl sites for hydroxylation is 1. The Balaban J connectivity index is 2.58. The molecule has 0 bridgehead atoms. The number of anilines is 1. The molecule has 0 spiro atoms. The van der Waals surface area contributed by atoms with E-state index in [0.29, 0.717) is 10.8 Å². The third-order valence-electron chi connectivity index (χ3n) is 2.61. The van der Waals surface area contributed by atoms with Gasteiger partial charge in [0.15, 0.2) is 11.6 Å². The molecule has 2 N–H and O–H groups in total. The molecule has 0 aliphatic rings. The predicted molar refractivity (Wildman–Crippen MR) is 65.5 cm³/mol. The Kier molecular flexibility index (Phi) is 2.88. The number of halogens is 1. The molecule has 0 atom stereocenters. The second-order valence-electron chi connectivity index (χ2n) is 3.69. The molecule has 3 nitrogen and oxygen atoms in total. The van der Waals surface area contributed by atoms with Gasteiger partial charge in [-0.2, -0.15) is 0 Å². The highest BCUT2D eigenvalue weighted by atomic mass is 35.5. The Morgan fingerprint density at radius 1 is 1.44 bits per heavy atom. The van der Waals surface area contributed by atoms with Gasteiger partial charge in [-0.15, -0.1) is 0 Å². The van der Waals surface area contributed by atoms with Crippen molar-refractivity contribution in [3.05, 3.63) is 34.3 Å². The smallest absolute Gasteiger partial charge is 0.172 e. The molecule has 16 heavy (non-hydrogen) atoms. The standard InChI is InChI=1S/C12H13ClN2O/c1-3-9-11(16-15-12(9)14)10-5-4-8(13)6-7(10)2/h4-6H,3H2,1-2H3,(H2,14,15). The number of hydrogen-bond donors (Lipinski definition) is 1. The number of hydrogen-bond acceptors (Lipinski definition) is 3. The van der Waals surface area contributed by atoms with Gasteiger partial charge in [0.05, 0.1) is 0 Å². The van der Waals surface area contributed by atoms with Crippen LogP contribution in [0.2, 0.25) is 5.02 Å². The van der Waals surface area contributed by atoms with Crippen LogP contribution >= 0.6 is 11.6 Å². The van der Waals surface area contributed by atoms with E-state index in [0.717, 1.165) is 28.9 Å². The predicted octanol–water partition coefficient (Wildman–Crippen LogP) is 3.45. The summed E-state index contributed by atoms with van der Waals surface area (Å²) >= 11 is 5.91. The quantitative estimate of drug-likeness (QED) is 0.869. The molecule has 0 aliphatic heterocycles. The van der Waals surface area contributed by atoms with Gasteiger partial charge in [-0.05, 0) is 37.1 Å². The Hall–Kier alpha value is -1.48. The summed E-state index contributed by atoms with van der Waals surface area (Å²) < 4.78 is 5.27. The van der Waals surface area contributed by atoms with E-state index in [1.807, 2.05) is 32.0 Å². The highest BCUT2D eigenvalue weighted by Gasteiger charge is 2.15. The van der Waals surface area contributed by atoms with Gasteiger partial charge < -0.3 is 10.3 Å². The third kappa shape index (κ3) is 1.78. The zero-order chi connectivity index (χ0) is 11.7. The van der Waals surface area contributed by atoms with Gasteiger partial charge in [0.25, 0.3) is 0 Å². The molecule has 0 unspecified atom stereocenters. The number of nitrogens with zero attached hydrogens (tertiary/aromatic N) is 1. The van der Waals surface area contributed by atoms with Crippen molar-refractivity contribution in [2.24, 2.45) is 0 Å². The monoisotopic (exact) mass is 236 g/mol. The van der Waals surface area contributed by atoms with Crippen molar-refractivity contribution < 1.29 is 4.52 Å². The van der Waals surface area contributed by atoms with Crippen LogP contribution in [0.3, 0.4) is 0 Å². The number of aromatic nitrogens is 1. The molecule has 1 heterocycles. The lowest BCUT2D eigenvalue weighted by molar-refractivity contribution is 0.435. The Labute approximate surface area is 99.2 Å². The molecule has 84 valence electrons. The van der Waals surface area contributed by atoms with Crippen molar-refractivity contribution in [2.75, 3.05) is 5.73 Å². The summed E-state index contributed by atoms with van der Waals surface area (Å²) in [6.45, 7) is 4.01. The van der Waals surface area contributed by atoms with Gasteiger partial charge in [0, 0.05) is 16.1 Å². The molecule has 0 aliphatic carbocycles. The van der Waals surface area contributed by atoms with Crippen LogP contribution in [0.1, 0.15) is 18.1 Å². The van der Waals surface area contributed by atoms with Crippen molar-refractivity contribution in [1.29, 1.82) is 0 Å². The minimum atomic E-state index is 0.465. The summed E-state index contributed by atoms with van der Waals surface area (Å²) in [5.74, 6) is 1.21. The van der Waals surface area contributed by atoms with E-state index in [1.165, 1.54) is 0 Å². The van der Waals surface area contributed by atoms with Gasteiger partial charge in [-0.25, -0.2) is 0 Å². The third-order valence-corrected chi connectivity index (χ3v) is 2.84. The summed E-state index contributed by atoms with van der Waals surface area (Å²) in [5, 5.41) is 4.51. The lowest BCUT2D eigenvalue weighted by atomic mass is 10.0. The number of nitrogen functional groups attached to an aromatic ring is 1. The number of benzene rings is 1. The fraction of sp³-hybridized carbons (Fsp3) is 0.250. The van der Waals surface area contributed by atoms with Crippen molar-refractivity contribution >= 4 is 17.4 Å². The van der Waals surface area contributed by atoms with E-state index in [4.69, 9.17) is 21.9 Å². The SMILES string of the molecule is CCc1c(N)noc1-c1ccc(Cl)cc1C. The molecule has 0 saturated carbocycles. The highest BCUT2D eigenvalue weighted by molar-refractivity contribution is 6.30. The first-order valence-electron chi connectivity index (χ1n) is 5.14. The van der Waals surface area contributed by atoms with Crippen LogP contribution < -0.4 is 5.73 Å². The van der Waals surface area contributed by atoms with Crippen molar-refractivity contribution in [1.82, 2.24) is 5.16 Å². The Morgan fingerprint density at radius 3 is 2.81 bits per heavy atom. The van der Waals surface area contributed by atoms with E-state index >= 15 is 0 Å². The summed E-state index contributed by atoms with van der Waals surface area (Å²) in [6, 6.07) is 5.66. The lowest BCUT2D eigenvalue weighted by Crippen LogP contribution is -1.91. The average Bonchev–Trinajstić information content (AvgIpc) is 2.59. The molecular formula is C12H13ClN2O. The van der Waals surface area contributed by atoms with E-state index in [2.05, 4.69) is 5.16 Å². The lowest BCUT2D eigenvalue weighted by Gasteiger charge is -2.04. The van der Waals surface area contributed by atoms with Gasteiger partial charge in [-0.1, -0.05) is 23.7 Å². The maximum absolute atomic E-state index is 5.91. The summed E-state index contributed by atoms with van der Waals surface area (Å²) in [5.41, 5.74) is 8.73. The van der Waals surface area contributed by atoms with Crippen molar-refractivity contribution in [3.8, 4) is 11.3 Å². The molecule has 1 aromatic heterocycles. The highest BCUT2D eigenvalue weighted by Crippen LogP contribution is 2.31. The molecule has 2 rings (SSSR count). The summed E-state index contributed by atoms with van der Waals surface area (Å²) in [7, 11) is 0. The first-order valence-corrected chi connectivity index (χ1v) is 5.51. The van der Waals surface area contributed by atoms with Crippen LogP contribution in [0.15, 0.2) is 22.7 Å². The van der Waals surface area contributed by atoms with Crippen LogP contribution in [0.4, 0.5) is 5.82 Å². The van der Waals surface area contributed by atoms with Crippen LogP contribution in [0.25, 0.3) is 11.3 Å². The van der Waals surface area contributed by atoms with Crippen molar-refractivity contribution in [3.63, 3.8) is 0 Å². The van der Waals surface area contributed by atoms with Gasteiger partial charge >= 0.3 is 0 Å². The molecule has 4 heteroatoms. The zero-order valence-electron chi connectivity index (χ0n) is 9.25. The maximum Gasteiger partial charge on any atom is 0.172 e. The first-order chi connectivity index (χ1) is 7.63. The largest absolute Gasteiger partial charge is 0.381 e. The molecule has 0 fully saturated rings. The number of rotatable bonds is 2. The second kappa shape index (κ2) is 4.18. The van der Waals surface area contributed by atoms with Gasteiger partial charge in [0.1, 0.15) is 0 Å². The minimum absolute atomic E-state index is 0.465. The topological polar surface area (TPSA) is 52.0 Å². The molecule has 2 aromatic rings. The van der Waals surface area contributed by atoms with E-state index in [1.54, 1.807) is 0 Å². The van der Waals surface area contributed by atoms with Crippen LogP contribution in [0.5, 0.6) is 0 Å².